The second-order valence-electron chi connectivity index (χ2n) is 7.56. The van der Waals surface area contributed by atoms with E-state index in [1.165, 1.54) is 28.9 Å². The number of carbonyl (C=O) groups is 1. The predicted molar refractivity (Wildman–Crippen MR) is 123 cm³/mol. The highest BCUT2D eigenvalue weighted by molar-refractivity contribution is 6.03. The van der Waals surface area contributed by atoms with Crippen molar-refractivity contribution in [1.29, 1.82) is 0 Å². The summed E-state index contributed by atoms with van der Waals surface area (Å²) in [7, 11) is 0. The molecule has 0 unspecified atom stereocenters. The Morgan fingerprint density at radius 2 is 1.94 bits per heavy atom. The summed E-state index contributed by atoms with van der Waals surface area (Å²) < 4.78 is 15.3. The molecule has 0 spiro atoms. The van der Waals surface area contributed by atoms with Crippen molar-refractivity contribution in [3.05, 3.63) is 112 Å². The van der Waals surface area contributed by atoms with Crippen LogP contribution in [0.4, 0.5) is 15.8 Å². The number of non-ortho nitro benzene ring substituents is 1. The molecule has 0 saturated heterocycles. The number of nitrogens with one attached hydrogen (secondary N) is 2. The third kappa shape index (κ3) is 4.24. The predicted octanol–water partition coefficient (Wildman–Crippen LogP) is 4.64. The molecule has 2 heterocycles. The number of halogens is 1. The summed E-state index contributed by atoms with van der Waals surface area (Å²) in [6, 6.07) is 19.2. The van der Waals surface area contributed by atoms with Crippen LogP contribution in [0.5, 0.6) is 0 Å². The molecule has 3 aromatic carbocycles. The van der Waals surface area contributed by atoms with E-state index in [2.05, 4.69) is 20.4 Å². The average Bonchev–Trinajstić information content (AvgIpc) is 3.48. The molecule has 168 valence electrons. The van der Waals surface area contributed by atoms with E-state index in [0.717, 1.165) is 0 Å². The van der Waals surface area contributed by atoms with Gasteiger partial charge in [-0.3, -0.25) is 14.9 Å². The van der Waals surface area contributed by atoms with Crippen LogP contribution in [0, 0.1) is 15.9 Å². The van der Waals surface area contributed by atoms with E-state index in [9.17, 15) is 19.3 Å². The van der Waals surface area contributed by atoms with Crippen LogP contribution in [0.15, 0.2) is 79.0 Å². The third-order valence-electron chi connectivity index (χ3n) is 5.23. The summed E-state index contributed by atoms with van der Waals surface area (Å²) in [5.41, 5.74) is 3.01. The van der Waals surface area contributed by atoms with Crippen LogP contribution in [-0.2, 0) is 6.42 Å². The van der Waals surface area contributed by atoms with Crippen LogP contribution < -0.4 is 5.32 Å². The number of nitro groups is 1. The van der Waals surface area contributed by atoms with Crippen LogP contribution >= 0.6 is 0 Å². The van der Waals surface area contributed by atoms with Crippen molar-refractivity contribution in [2.24, 2.45) is 0 Å². The minimum atomic E-state index is -0.492. The highest BCUT2D eigenvalue weighted by atomic mass is 19.1. The molecule has 0 aliphatic rings. The summed E-state index contributed by atoms with van der Waals surface area (Å²) in [4.78, 5) is 30.8. The van der Waals surface area contributed by atoms with Crippen molar-refractivity contribution in [3.63, 3.8) is 0 Å². The number of fused-ring (bicyclic) bond motifs is 1. The number of benzene rings is 3. The Hall–Kier alpha value is -4.86. The standard InChI is InChI=1S/C24H17FN6O3/c25-19-7-2-1-4-15(19)12-23-27-20-9-8-16(13-22(20)28-23)26-24(32)21-10-11-30(29-21)17-5-3-6-18(14-17)31(33)34/h1-11,13-14H,12H2,(H,26,32)(H,27,28). The highest BCUT2D eigenvalue weighted by Crippen LogP contribution is 2.21. The summed E-state index contributed by atoms with van der Waals surface area (Å²) in [6.07, 6.45) is 1.87. The molecular formula is C24H17FN6O3. The minimum absolute atomic E-state index is 0.0683. The normalized spacial score (nSPS) is 11.0. The van der Waals surface area contributed by atoms with Gasteiger partial charge in [-0.2, -0.15) is 5.10 Å². The Morgan fingerprint density at radius 1 is 1.09 bits per heavy atom. The number of hydrogen-bond donors (Lipinski definition) is 2. The molecule has 9 nitrogen and oxygen atoms in total. The lowest BCUT2D eigenvalue weighted by Gasteiger charge is -2.03. The lowest BCUT2D eigenvalue weighted by Crippen LogP contribution is -2.13. The number of nitro benzene ring substituents is 1. The van der Waals surface area contributed by atoms with Crippen molar-refractivity contribution >= 4 is 28.3 Å². The molecule has 0 saturated carbocycles. The number of carbonyl (C=O) groups excluding carboxylic acids is 1. The molecule has 34 heavy (non-hydrogen) atoms. The topological polar surface area (TPSA) is 119 Å². The monoisotopic (exact) mass is 456 g/mol. The summed E-state index contributed by atoms with van der Waals surface area (Å²) >= 11 is 0. The molecule has 10 heteroatoms. The maximum Gasteiger partial charge on any atom is 0.276 e. The second-order valence-corrected chi connectivity index (χ2v) is 7.56. The van der Waals surface area contributed by atoms with Gasteiger partial charge in [0, 0.05) is 30.4 Å². The zero-order valence-corrected chi connectivity index (χ0v) is 17.6. The zero-order chi connectivity index (χ0) is 23.7. The van der Waals surface area contributed by atoms with E-state index in [1.807, 2.05) is 0 Å². The van der Waals surface area contributed by atoms with Crippen LogP contribution in [-0.4, -0.2) is 30.6 Å². The molecule has 2 N–H and O–H groups in total. The first kappa shape index (κ1) is 21.0. The van der Waals surface area contributed by atoms with E-state index in [1.54, 1.807) is 54.7 Å². The fourth-order valence-electron chi connectivity index (χ4n) is 3.58. The van der Waals surface area contributed by atoms with Crippen LogP contribution in [0.3, 0.4) is 0 Å². The summed E-state index contributed by atoms with van der Waals surface area (Å²) in [5.74, 6) is -0.116. The molecule has 0 aliphatic heterocycles. The van der Waals surface area contributed by atoms with Gasteiger partial charge in [0.2, 0.25) is 0 Å². The first-order valence-electron chi connectivity index (χ1n) is 10.3. The first-order chi connectivity index (χ1) is 16.5. The number of aromatic nitrogens is 4. The van der Waals surface area contributed by atoms with E-state index in [-0.39, 0.29) is 17.2 Å². The van der Waals surface area contributed by atoms with Gasteiger partial charge in [-0.05, 0) is 42.0 Å². The number of amides is 1. The second kappa shape index (κ2) is 8.58. The summed E-state index contributed by atoms with van der Waals surface area (Å²) in [6.45, 7) is 0. The molecular weight excluding hydrogens is 439 g/mol. The maximum absolute atomic E-state index is 13.9. The molecule has 0 bridgehead atoms. The van der Waals surface area contributed by atoms with Gasteiger partial charge in [-0.25, -0.2) is 14.1 Å². The number of H-pyrrole nitrogens is 1. The Morgan fingerprint density at radius 3 is 2.76 bits per heavy atom. The molecule has 0 radical (unpaired) electrons. The average molecular weight is 456 g/mol. The smallest absolute Gasteiger partial charge is 0.276 e. The largest absolute Gasteiger partial charge is 0.342 e. The fraction of sp³-hybridized carbons (Fsp3) is 0.0417. The van der Waals surface area contributed by atoms with Crippen LogP contribution in [0.2, 0.25) is 0 Å². The van der Waals surface area contributed by atoms with E-state index in [4.69, 9.17) is 0 Å². The lowest BCUT2D eigenvalue weighted by atomic mass is 10.1. The van der Waals surface area contributed by atoms with Gasteiger partial charge in [-0.1, -0.05) is 24.3 Å². The number of anilines is 1. The number of nitrogens with zero attached hydrogens (tertiary/aromatic N) is 4. The van der Waals surface area contributed by atoms with Gasteiger partial charge < -0.3 is 10.3 Å². The Labute approximate surface area is 192 Å². The van der Waals surface area contributed by atoms with Gasteiger partial charge in [0.1, 0.15) is 11.6 Å². The highest BCUT2D eigenvalue weighted by Gasteiger charge is 2.14. The lowest BCUT2D eigenvalue weighted by molar-refractivity contribution is -0.384. The molecule has 0 aliphatic carbocycles. The quantitative estimate of drug-likeness (QED) is 0.285. The zero-order valence-electron chi connectivity index (χ0n) is 17.6. The van der Waals surface area contributed by atoms with Crippen molar-refractivity contribution < 1.29 is 14.1 Å². The molecule has 2 aromatic heterocycles. The van der Waals surface area contributed by atoms with E-state index in [0.29, 0.717) is 40.2 Å². The van der Waals surface area contributed by atoms with Crippen LogP contribution in [0.25, 0.3) is 16.7 Å². The molecule has 5 rings (SSSR count). The Kier molecular flexibility index (Phi) is 5.30. The molecule has 5 aromatic rings. The van der Waals surface area contributed by atoms with Gasteiger partial charge >= 0.3 is 0 Å². The van der Waals surface area contributed by atoms with Crippen molar-refractivity contribution in [3.8, 4) is 5.69 Å². The fourth-order valence-corrected chi connectivity index (χ4v) is 3.58. The van der Waals surface area contributed by atoms with Gasteiger partial charge in [0.15, 0.2) is 5.69 Å². The number of aromatic amines is 1. The summed E-state index contributed by atoms with van der Waals surface area (Å²) in [5, 5.41) is 18.0. The minimum Gasteiger partial charge on any atom is -0.342 e. The van der Waals surface area contributed by atoms with Gasteiger partial charge in [0.25, 0.3) is 11.6 Å². The van der Waals surface area contributed by atoms with Crippen LogP contribution in [0.1, 0.15) is 21.9 Å². The van der Waals surface area contributed by atoms with E-state index >= 15 is 0 Å². The van der Waals surface area contributed by atoms with E-state index < -0.39 is 10.8 Å². The Bertz CT molecular complexity index is 1540. The van der Waals surface area contributed by atoms with Crippen molar-refractivity contribution in [2.75, 3.05) is 5.32 Å². The molecule has 0 atom stereocenters. The van der Waals surface area contributed by atoms with Crippen molar-refractivity contribution in [1.82, 2.24) is 19.7 Å². The van der Waals surface area contributed by atoms with Gasteiger partial charge in [-0.15, -0.1) is 0 Å². The third-order valence-corrected chi connectivity index (χ3v) is 5.23. The maximum atomic E-state index is 13.9. The SMILES string of the molecule is O=C(Nc1ccc2nc(Cc3ccccc3F)[nH]c2c1)c1ccn(-c2cccc([N+](=O)[O-])c2)n1. The Balaban J connectivity index is 1.32. The molecule has 1 amide bonds. The number of hydrogen-bond acceptors (Lipinski definition) is 5. The van der Waals surface area contributed by atoms with Gasteiger partial charge in [0.05, 0.1) is 21.6 Å². The molecule has 0 fully saturated rings. The number of imidazole rings is 1. The van der Waals surface area contributed by atoms with Crippen molar-refractivity contribution in [2.45, 2.75) is 6.42 Å². The number of rotatable bonds is 6. The first-order valence-corrected chi connectivity index (χ1v) is 10.3.